The maximum Gasteiger partial charge on any atom is 0.307 e. The maximum absolute atomic E-state index is 14.0. The van der Waals surface area contributed by atoms with E-state index in [-0.39, 0.29) is 18.4 Å². The van der Waals surface area contributed by atoms with Gasteiger partial charge in [0.1, 0.15) is 18.5 Å². The first-order chi connectivity index (χ1) is 17.5. The van der Waals surface area contributed by atoms with Crippen molar-refractivity contribution in [2.45, 2.75) is 57.7 Å². The smallest absolute Gasteiger partial charge is 0.307 e. The van der Waals surface area contributed by atoms with Crippen LogP contribution in [0.1, 0.15) is 61.4 Å². The van der Waals surface area contributed by atoms with Gasteiger partial charge in [-0.1, -0.05) is 30.5 Å². The zero-order chi connectivity index (χ0) is 25.2. The quantitative estimate of drug-likeness (QED) is 0.623. The molecule has 2 amide bonds. The van der Waals surface area contributed by atoms with Crippen molar-refractivity contribution in [2.75, 3.05) is 13.1 Å². The van der Waals surface area contributed by atoms with Crippen molar-refractivity contribution in [1.29, 1.82) is 0 Å². The summed E-state index contributed by atoms with van der Waals surface area (Å²) in [6, 6.07) is 7.34. The average molecular weight is 512 g/mol. The summed E-state index contributed by atoms with van der Waals surface area (Å²) in [5.41, 5.74) is 2.49. The fraction of sp³-hybridized carbons (Fsp3) is 0.481. The molecule has 1 N–H and O–H groups in total. The molecule has 1 aromatic carbocycles. The number of pyridine rings is 1. The number of amides is 2. The third-order valence-electron chi connectivity index (χ3n) is 7.62. The van der Waals surface area contributed by atoms with Gasteiger partial charge in [0.25, 0.3) is 0 Å². The Balaban J connectivity index is 1.54. The fourth-order valence-corrected chi connectivity index (χ4v) is 6.11. The molecular formula is C27H30ClN3O5. The summed E-state index contributed by atoms with van der Waals surface area (Å²) in [6.07, 6.45) is 7.05. The van der Waals surface area contributed by atoms with Crippen LogP contribution in [0, 0.1) is 11.8 Å². The zero-order valence-corrected chi connectivity index (χ0v) is 20.8. The number of rotatable bonds is 6. The molecule has 2 aliphatic heterocycles. The van der Waals surface area contributed by atoms with E-state index < -0.39 is 24.0 Å². The molecule has 1 saturated heterocycles. The van der Waals surface area contributed by atoms with Crippen LogP contribution in [-0.4, -0.2) is 50.8 Å². The number of nitrogens with zero attached hydrogens (tertiary/aromatic N) is 3. The number of halogens is 1. The first kappa shape index (κ1) is 24.6. The second-order valence-electron chi connectivity index (χ2n) is 9.77. The molecule has 2 aromatic rings. The molecule has 36 heavy (non-hydrogen) atoms. The zero-order valence-electron chi connectivity index (χ0n) is 20.1. The van der Waals surface area contributed by atoms with Crippen molar-refractivity contribution in [3.63, 3.8) is 0 Å². The van der Waals surface area contributed by atoms with Gasteiger partial charge in [-0.2, -0.15) is 0 Å². The van der Waals surface area contributed by atoms with Gasteiger partial charge >= 0.3 is 5.97 Å². The second kappa shape index (κ2) is 10.5. The average Bonchev–Trinajstić information content (AvgIpc) is 3.33. The van der Waals surface area contributed by atoms with Crippen LogP contribution in [0.15, 0.2) is 36.7 Å². The highest BCUT2D eigenvalue weighted by atomic mass is 35.5. The summed E-state index contributed by atoms with van der Waals surface area (Å²) in [5.74, 6) is -1.89. The number of benzene rings is 1. The number of carboxylic acids is 1. The van der Waals surface area contributed by atoms with Crippen molar-refractivity contribution in [2.24, 2.45) is 11.8 Å². The Labute approximate surface area is 215 Å². The lowest BCUT2D eigenvalue weighted by molar-refractivity contribution is -0.157. The summed E-state index contributed by atoms with van der Waals surface area (Å²) in [4.78, 5) is 46.5. The van der Waals surface area contributed by atoms with Crippen LogP contribution in [0.3, 0.4) is 0 Å². The van der Waals surface area contributed by atoms with E-state index in [1.165, 1.54) is 0 Å². The molecule has 1 aliphatic carbocycles. The predicted octanol–water partition coefficient (Wildman–Crippen LogP) is 4.21. The summed E-state index contributed by atoms with van der Waals surface area (Å²) in [6.45, 7) is 1.17. The van der Waals surface area contributed by atoms with E-state index in [1.54, 1.807) is 34.3 Å². The van der Waals surface area contributed by atoms with Gasteiger partial charge < -0.3 is 19.6 Å². The van der Waals surface area contributed by atoms with E-state index in [4.69, 9.17) is 16.3 Å². The van der Waals surface area contributed by atoms with Gasteiger partial charge in [-0.15, -0.1) is 0 Å². The number of fused-ring (bicyclic) bond motifs is 1. The Hall–Kier alpha value is -3.13. The van der Waals surface area contributed by atoms with E-state index in [0.29, 0.717) is 56.0 Å². The largest absolute Gasteiger partial charge is 0.488 e. The van der Waals surface area contributed by atoms with Crippen LogP contribution in [0.25, 0.3) is 0 Å². The number of hydrogen-bond acceptors (Lipinski definition) is 5. The molecule has 0 spiro atoms. The Kier molecular flexibility index (Phi) is 7.14. The van der Waals surface area contributed by atoms with Crippen LogP contribution in [0.2, 0.25) is 5.02 Å². The topological polar surface area (TPSA) is 100 Å². The molecular weight excluding hydrogens is 482 g/mol. The van der Waals surface area contributed by atoms with E-state index in [2.05, 4.69) is 4.98 Å². The number of carboxylic acid groups (broad SMARTS) is 1. The summed E-state index contributed by atoms with van der Waals surface area (Å²) in [7, 11) is 0. The highest BCUT2D eigenvalue weighted by molar-refractivity contribution is 6.31. The van der Waals surface area contributed by atoms with Crippen molar-refractivity contribution < 1.29 is 24.2 Å². The lowest BCUT2D eigenvalue weighted by Gasteiger charge is -2.45. The number of carbonyl (C=O) groups is 3. The molecule has 1 saturated carbocycles. The first-order valence-electron chi connectivity index (χ1n) is 12.6. The molecule has 1 aromatic heterocycles. The normalized spacial score (nSPS) is 23.9. The SMILES string of the molecule is O=C(O)C1CCCCC1C(=O)N1CCc2c(Cl)ccc(OCc3cccnc3)c2C1N1CCCC1=O. The maximum atomic E-state index is 14.0. The number of aromatic nitrogens is 1. The molecule has 190 valence electrons. The van der Waals surface area contributed by atoms with E-state index in [0.717, 1.165) is 29.5 Å². The minimum Gasteiger partial charge on any atom is -0.488 e. The van der Waals surface area contributed by atoms with Gasteiger partial charge in [0.05, 0.1) is 11.8 Å². The van der Waals surface area contributed by atoms with Crippen molar-refractivity contribution in [3.05, 3.63) is 58.4 Å². The Morgan fingerprint density at radius 2 is 1.89 bits per heavy atom. The van der Waals surface area contributed by atoms with Gasteiger partial charge in [0, 0.05) is 48.1 Å². The molecule has 9 heteroatoms. The van der Waals surface area contributed by atoms with E-state index in [9.17, 15) is 19.5 Å². The minimum atomic E-state index is -0.928. The number of hydrogen-bond donors (Lipinski definition) is 1. The number of aliphatic carboxylic acids is 1. The predicted molar refractivity (Wildman–Crippen MR) is 132 cm³/mol. The fourth-order valence-electron chi connectivity index (χ4n) is 5.85. The van der Waals surface area contributed by atoms with Crippen molar-refractivity contribution in [1.82, 2.24) is 14.8 Å². The van der Waals surface area contributed by atoms with Crippen LogP contribution in [0.5, 0.6) is 5.75 Å². The Bertz CT molecular complexity index is 1160. The molecule has 0 radical (unpaired) electrons. The van der Waals surface area contributed by atoms with Gasteiger partial charge in [-0.3, -0.25) is 19.4 Å². The third kappa shape index (κ3) is 4.66. The molecule has 8 nitrogen and oxygen atoms in total. The first-order valence-corrected chi connectivity index (χ1v) is 13.0. The van der Waals surface area contributed by atoms with Crippen LogP contribution in [-0.2, 0) is 27.4 Å². The van der Waals surface area contributed by atoms with Crippen molar-refractivity contribution in [3.8, 4) is 5.75 Å². The molecule has 5 rings (SSSR count). The van der Waals surface area contributed by atoms with Gasteiger partial charge in [-0.25, -0.2) is 0 Å². The Morgan fingerprint density at radius 3 is 2.58 bits per heavy atom. The molecule has 3 aliphatic rings. The van der Waals surface area contributed by atoms with Crippen LogP contribution in [0.4, 0.5) is 0 Å². The molecule has 3 heterocycles. The highest BCUT2D eigenvalue weighted by Crippen LogP contribution is 2.45. The minimum absolute atomic E-state index is 0.0257. The van der Waals surface area contributed by atoms with Crippen LogP contribution >= 0.6 is 11.6 Å². The lowest BCUT2D eigenvalue weighted by Crippen LogP contribution is -2.52. The number of ether oxygens (including phenoxy) is 1. The monoisotopic (exact) mass is 511 g/mol. The van der Waals surface area contributed by atoms with E-state index >= 15 is 0 Å². The van der Waals surface area contributed by atoms with Gasteiger partial charge in [0.2, 0.25) is 11.8 Å². The lowest BCUT2D eigenvalue weighted by atomic mass is 9.78. The summed E-state index contributed by atoms with van der Waals surface area (Å²) >= 11 is 6.63. The standard InChI is InChI=1S/C27H30ClN3O5/c28-21-9-10-22(36-16-17-5-3-12-29-15-17)24-20(21)11-14-31(25(24)30-13-4-8-23(30)32)26(33)18-6-1-2-7-19(18)27(34)35/h3,5,9-10,12,15,18-19,25H,1-2,4,6-8,11,13-14,16H2,(H,34,35). The molecule has 2 fully saturated rings. The number of carbonyl (C=O) groups excluding carboxylic acids is 2. The summed E-state index contributed by atoms with van der Waals surface area (Å²) in [5, 5.41) is 10.4. The van der Waals surface area contributed by atoms with Gasteiger partial charge in [0.15, 0.2) is 0 Å². The molecule has 0 bridgehead atoms. The Morgan fingerprint density at radius 1 is 1.08 bits per heavy atom. The second-order valence-corrected chi connectivity index (χ2v) is 10.2. The molecule has 3 atom stereocenters. The van der Waals surface area contributed by atoms with Crippen molar-refractivity contribution >= 4 is 29.4 Å². The number of likely N-dealkylation sites (tertiary alicyclic amines) is 1. The molecule has 3 unspecified atom stereocenters. The van der Waals surface area contributed by atoms with Crippen LogP contribution < -0.4 is 4.74 Å². The van der Waals surface area contributed by atoms with E-state index in [1.807, 2.05) is 12.1 Å². The highest BCUT2D eigenvalue weighted by Gasteiger charge is 2.45. The third-order valence-corrected chi connectivity index (χ3v) is 7.98. The summed E-state index contributed by atoms with van der Waals surface area (Å²) < 4.78 is 6.23. The van der Waals surface area contributed by atoms with Gasteiger partial charge in [-0.05, 0) is 49.4 Å².